The Morgan fingerprint density at radius 3 is 2.26 bits per heavy atom. The highest BCUT2D eigenvalue weighted by Gasteiger charge is 2.02. The Morgan fingerprint density at radius 2 is 1.58 bits per heavy atom. The zero-order valence-corrected chi connectivity index (χ0v) is 10.7. The smallest absolute Gasteiger partial charge is 0.307 e. The number of carbonyl (C=O) groups excluding carboxylic acids is 1. The van der Waals surface area contributed by atoms with E-state index in [-0.39, 0.29) is 5.97 Å². The lowest BCUT2D eigenvalue weighted by Crippen LogP contribution is -2.11. The summed E-state index contributed by atoms with van der Waals surface area (Å²) >= 11 is 0. The molecule has 0 radical (unpaired) electrons. The standard InChI is InChI=1S/C16H17NO2/c18-16(19-13-14-7-3-1-4-8-14)11-12-17-15-9-5-2-6-10-15/h1-10,17H,11-13H2. The van der Waals surface area contributed by atoms with Crippen LogP contribution < -0.4 is 5.32 Å². The second-order valence-corrected chi connectivity index (χ2v) is 4.19. The fourth-order valence-corrected chi connectivity index (χ4v) is 1.68. The van der Waals surface area contributed by atoms with Crippen LogP contribution in [0.1, 0.15) is 12.0 Å². The zero-order chi connectivity index (χ0) is 13.3. The van der Waals surface area contributed by atoms with Crippen molar-refractivity contribution in [3.63, 3.8) is 0 Å². The van der Waals surface area contributed by atoms with E-state index in [1.807, 2.05) is 60.7 Å². The second-order valence-electron chi connectivity index (χ2n) is 4.19. The molecule has 0 heterocycles. The quantitative estimate of drug-likeness (QED) is 0.805. The topological polar surface area (TPSA) is 38.3 Å². The van der Waals surface area contributed by atoms with Gasteiger partial charge in [0.25, 0.3) is 0 Å². The molecular formula is C16H17NO2. The molecule has 2 aromatic rings. The van der Waals surface area contributed by atoms with Gasteiger partial charge in [-0.1, -0.05) is 48.5 Å². The Balaban J connectivity index is 1.65. The number of para-hydroxylation sites is 1. The molecule has 2 rings (SSSR count). The van der Waals surface area contributed by atoms with Crippen molar-refractivity contribution in [1.82, 2.24) is 0 Å². The Kier molecular flexibility index (Phi) is 4.99. The first-order chi connectivity index (χ1) is 9.34. The maximum absolute atomic E-state index is 11.5. The van der Waals surface area contributed by atoms with Crippen LogP contribution in [0.4, 0.5) is 5.69 Å². The monoisotopic (exact) mass is 255 g/mol. The molecule has 2 aromatic carbocycles. The highest BCUT2D eigenvalue weighted by Crippen LogP contribution is 2.05. The molecule has 0 saturated carbocycles. The first-order valence-corrected chi connectivity index (χ1v) is 6.33. The lowest BCUT2D eigenvalue weighted by atomic mass is 10.2. The summed E-state index contributed by atoms with van der Waals surface area (Å²) in [4.78, 5) is 11.5. The second kappa shape index (κ2) is 7.21. The number of carbonyl (C=O) groups is 1. The fourth-order valence-electron chi connectivity index (χ4n) is 1.68. The van der Waals surface area contributed by atoms with E-state index in [0.29, 0.717) is 19.6 Å². The summed E-state index contributed by atoms with van der Waals surface area (Å²) in [6, 6.07) is 19.5. The minimum absolute atomic E-state index is 0.188. The van der Waals surface area contributed by atoms with Crippen LogP contribution in [0.2, 0.25) is 0 Å². The fraction of sp³-hybridized carbons (Fsp3) is 0.188. The third-order valence-electron chi connectivity index (χ3n) is 2.67. The Morgan fingerprint density at radius 1 is 0.947 bits per heavy atom. The number of esters is 1. The number of hydrogen-bond acceptors (Lipinski definition) is 3. The maximum Gasteiger partial charge on any atom is 0.307 e. The predicted molar refractivity (Wildman–Crippen MR) is 75.8 cm³/mol. The average molecular weight is 255 g/mol. The van der Waals surface area contributed by atoms with Crippen molar-refractivity contribution in [2.24, 2.45) is 0 Å². The molecule has 3 heteroatoms. The summed E-state index contributed by atoms with van der Waals surface area (Å²) in [5, 5.41) is 3.17. The maximum atomic E-state index is 11.5. The van der Waals surface area contributed by atoms with Crippen molar-refractivity contribution < 1.29 is 9.53 Å². The van der Waals surface area contributed by atoms with Gasteiger partial charge < -0.3 is 10.1 Å². The van der Waals surface area contributed by atoms with Gasteiger partial charge in [-0.15, -0.1) is 0 Å². The van der Waals surface area contributed by atoms with Crippen LogP contribution in [0.25, 0.3) is 0 Å². The van der Waals surface area contributed by atoms with E-state index in [9.17, 15) is 4.79 Å². The lowest BCUT2D eigenvalue weighted by Gasteiger charge is -2.07. The van der Waals surface area contributed by atoms with E-state index in [1.165, 1.54) is 0 Å². The number of nitrogens with one attached hydrogen (secondary N) is 1. The minimum atomic E-state index is -0.188. The van der Waals surface area contributed by atoms with Gasteiger partial charge in [0, 0.05) is 12.2 Å². The average Bonchev–Trinajstić information content (AvgIpc) is 2.47. The van der Waals surface area contributed by atoms with Gasteiger partial charge >= 0.3 is 5.97 Å². The molecule has 0 aliphatic carbocycles. The van der Waals surface area contributed by atoms with Crippen molar-refractivity contribution in [3.05, 3.63) is 66.2 Å². The number of ether oxygens (including phenoxy) is 1. The normalized spacial score (nSPS) is 9.89. The summed E-state index contributed by atoms with van der Waals surface area (Å²) < 4.78 is 5.19. The van der Waals surface area contributed by atoms with Crippen LogP contribution in [-0.2, 0) is 16.1 Å². The zero-order valence-electron chi connectivity index (χ0n) is 10.7. The molecule has 98 valence electrons. The largest absolute Gasteiger partial charge is 0.461 e. The van der Waals surface area contributed by atoms with Crippen LogP contribution in [0.3, 0.4) is 0 Å². The van der Waals surface area contributed by atoms with Gasteiger partial charge in [-0.05, 0) is 17.7 Å². The Hall–Kier alpha value is -2.29. The predicted octanol–water partition coefficient (Wildman–Crippen LogP) is 3.23. The van der Waals surface area contributed by atoms with Gasteiger partial charge in [0.15, 0.2) is 0 Å². The van der Waals surface area contributed by atoms with Crippen molar-refractivity contribution in [2.75, 3.05) is 11.9 Å². The first-order valence-electron chi connectivity index (χ1n) is 6.33. The van der Waals surface area contributed by atoms with Crippen LogP contribution in [0.15, 0.2) is 60.7 Å². The molecule has 0 bridgehead atoms. The van der Waals surface area contributed by atoms with Gasteiger partial charge in [-0.3, -0.25) is 4.79 Å². The molecular weight excluding hydrogens is 238 g/mol. The summed E-state index contributed by atoms with van der Waals surface area (Å²) in [5.41, 5.74) is 2.02. The SMILES string of the molecule is O=C(CCNc1ccccc1)OCc1ccccc1. The van der Waals surface area contributed by atoms with E-state index < -0.39 is 0 Å². The summed E-state index contributed by atoms with van der Waals surface area (Å²) in [6.07, 6.45) is 0.363. The molecule has 0 amide bonds. The molecule has 19 heavy (non-hydrogen) atoms. The molecule has 0 saturated heterocycles. The van der Waals surface area contributed by atoms with Crippen LogP contribution in [0, 0.1) is 0 Å². The van der Waals surface area contributed by atoms with E-state index >= 15 is 0 Å². The van der Waals surface area contributed by atoms with Crippen LogP contribution in [-0.4, -0.2) is 12.5 Å². The van der Waals surface area contributed by atoms with Gasteiger partial charge in [0.1, 0.15) is 6.61 Å². The van der Waals surface area contributed by atoms with Crippen LogP contribution >= 0.6 is 0 Å². The van der Waals surface area contributed by atoms with Crippen molar-refractivity contribution in [2.45, 2.75) is 13.0 Å². The van der Waals surface area contributed by atoms with Gasteiger partial charge in [0.05, 0.1) is 6.42 Å². The van der Waals surface area contributed by atoms with E-state index in [0.717, 1.165) is 11.3 Å². The molecule has 1 N–H and O–H groups in total. The summed E-state index contributed by atoms with van der Waals surface area (Å²) in [6.45, 7) is 0.919. The third-order valence-corrected chi connectivity index (χ3v) is 2.67. The Bertz CT molecular complexity index is 497. The molecule has 0 unspecified atom stereocenters. The highest BCUT2D eigenvalue weighted by atomic mass is 16.5. The summed E-state index contributed by atoms with van der Waals surface area (Å²) in [7, 11) is 0. The molecule has 0 atom stereocenters. The Labute approximate surface area is 113 Å². The van der Waals surface area contributed by atoms with Crippen molar-refractivity contribution >= 4 is 11.7 Å². The third kappa shape index (κ3) is 4.84. The van der Waals surface area contributed by atoms with Gasteiger partial charge in [-0.25, -0.2) is 0 Å². The molecule has 3 nitrogen and oxygen atoms in total. The molecule has 0 spiro atoms. The van der Waals surface area contributed by atoms with Crippen molar-refractivity contribution in [3.8, 4) is 0 Å². The van der Waals surface area contributed by atoms with Gasteiger partial charge in [-0.2, -0.15) is 0 Å². The number of hydrogen-bond donors (Lipinski definition) is 1. The lowest BCUT2D eigenvalue weighted by molar-refractivity contribution is -0.144. The first kappa shape index (κ1) is 13.1. The number of rotatable bonds is 6. The van der Waals surface area contributed by atoms with Crippen molar-refractivity contribution in [1.29, 1.82) is 0 Å². The van der Waals surface area contributed by atoms with E-state index in [4.69, 9.17) is 4.74 Å². The van der Waals surface area contributed by atoms with Crippen LogP contribution in [0.5, 0.6) is 0 Å². The summed E-state index contributed by atoms with van der Waals surface area (Å²) in [5.74, 6) is -0.188. The minimum Gasteiger partial charge on any atom is -0.461 e. The van der Waals surface area contributed by atoms with Gasteiger partial charge in [0.2, 0.25) is 0 Å². The molecule has 0 aliphatic rings. The highest BCUT2D eigenvalue weighted by molar-refractivity contribution is 5.70. The molecule has 0 aromatic heterocycles. The number of anilines is 1. The van der Waals surface area contributed by atoms with E-state index in [1.54, 1.807) is 0 Å². The molecule has 0 aliphatic heterocycles. The van der Waals surface area contributed by atoms with E-state index in [2.05, 4.69) is 5.32 Å². The molecule has 0 fully saturated rings. The number of benzene rings is 2.